The highest BCUT2D eigenvalue weighted by Crippen LogP contribution is 2.26. The summed E-state index contributed by atoms with van der Waals surface area (Å²) in [6, 6.07) is 0. The van der Waals surface area contributed by atoms with Gasteiger partial charge < -0.3 is 4.74 Å². The van der Waals surface area contributed by atoms with Crippen LogP contribution in [0.3, 0.4) is 0 Å². The van der Waals surface area contributed by atoms with E-state index in [1.54, 1.807) is 0 Å². The monoisotopic (exact) mass is 206 g/mol. The van der Waals surface area contributed by atoms with Gasteiger partial charge in [0.25, 0.3) is 0 Å². The van der Waals surface area contributed by atoms with Crippen LogP contribution in [0, 0.1) is 5.92 Å². The Balaban J connectivity index is 2.36. The van der Waals surface area contributed by atoms with E-state index in [-0.39, 0.29) is 11.6 Å². The van der Waals surface area contributed by atoms with Gasteiger partial charge in [0, 0.05) is 6.42 Å². The maximum Gasteiger partial charge on any atom is 0.306 e. The number of hydrogen-bond donors (Lipinski definition) is 0. The molecule has 2 nitrogen and oxygen atoms in total. The van der Waals surface area contributed by atoms with Gasteiger partial charge in [-0.1, -0.05) is 6.08 Å². The minimum Gasteiger partial charge on any atom is -0.460 e. The third kappa shape index (κ3) is 5.05. The summed E-state index contributed by atoms with van der Waals surface area (Å²) in [5.41, 5.74) is 0.530. The lowest BCUT2D eigenvalue weighted by molar-refractivity contribution is -0.156. The van der Waals surface area contributed by atoms with Gasteiger partial charge in [-0.25, -0.2) is 0 Å². The van der Waals surface area contributed by atoms with Crippen LogP contribution in [0.1, 0.15) is 46.5 Å². The first-order valence-electron chi connectivity index (χ1n) is 5.53. The summed E-state index contributed by atoms with van der Waals surface area (Å²) in [5, 5.41) is 0. The van der Waals surface area contributed by atoms with Crippen molar-refractivity contribution < 1.29 is 9.53 Å². The highest BCUT2D eigenvalue weighted by molar-refractivity contribution is 6.21. The van der Waals surface area contributed by atoms with Crippen molar-refractivity contribution >= 4 is 13.8 Å². The van der Waals surface area contributed by atoms with E-state index in [4.69, 9.17) is 12.6 Å². The molecule has 1 rings (SSSR count). The minimum atomic E-state index is -0.382. The van der Waals surface area contributed by atoms with Crippen LogP contribution in [-0.2, 0) is 9.53 Å². The van der Waals surface area contributed by atoms with Gasteiger partial charge in [-0.3, -0.25) is 4.79 Å². The first kappa shape index (κ1) is 12.3. The molecule has 1 aliphatic rings. The summed E-state index contributed by atoms with van der Waals surface area (Å²) in [4.78, 5) is 11.6. The Hall–Kier alpha value is -0.725. The van der Waals surface area contributed by atoms with Gasteiger partial charge in [-0.15, -0.1) is 5.47 Å². The summed E-state index contributed by atoms with van der Waals surface area (Å²) in [7, 11) is 5.74. The molecule has 0 heterocycles. The fourth-order valence-electron chi connectivity index (χ4n) is 1.82. The van der Waals surface area contributed by atoms with Crippen LogP contribution in [0.2, 0.25) is 0 Å². The van der Waals surface area contributed by atoms with Crippen molar-refractivity contribution in [2.75, 3.05) is 0 Å². The van der Waals surface area contributed by atoms with Crippen LogP contribution in [0.5, 0.6) is 0 Å². The molecule has 0 saturated carbocycles. The Bertz CT molecular complexity index is 263. The van der Waals surface area contributed by atoms with Crippen molar-refractivity contribution in [2.45, 2.75) is 52.1 Å². The van der Waals surface area contributed by atoms with E-state index in [0.29, 0.717) is 12.3 Å². The average Bonchev–Trinajstić information content (AvgIpc) is 1.99. The van der Waals surface area contributed by atoms with Gasteiger partial charge in [0.05, 0.1) is 0 Å². The molecule has 1 aliphatic carbocycles. The zero-order valence-corrected chi connectivity index (χ0v) is 9.88. The number of allylic oxidation sites excluding steroid dienone is 2. The molecular weight excluding hydrogens is 187 g/mol. The Morgan fingerprint density at radius 2 is 2.27 bits per heavy atom. The fourth-order valence-corrected chi connectivity index (χ4v) is 1.82. The molecule has 1 unspecified atom stereocenters. The number of esters is 1. The maximum absolute atomic E-state index is 11.6. The summed E-state index contributed by atoms with van der Waals surface area (Å²) < 4.78 is 5.28. The first-order valence-corrected chi connectivity index (χ1v) is 5.53. The number of carbonyl (C=O) groups excluding carboxylic acids is 1. The topological polar surface area (TPSA) is 26.3 Å². The molecule has 0 aromatic heterocycles. The maximum atomic E-state index is 11.6. The zero-order valence-electron chi connectivity index (χ0n) is 9.88. The fraction of sp³-hybridized carbons (Fsp3) is 0.750. The van der Waals surface area contributed by atoms with Crippen LogP contribution in [0.15, 0.2) is 11.5 Å². The largest absolute Gasteiger partial charge is 0.460 e. The van der Waals surface area contributed by atoms with Crippen LogP contribution >= 0.6 is 0 Å². The summed E-state index contributed by atoms with van der Waals surface area (Å²) >= 11 is 0. The molecule has 0 bridgehead atoms. The van der Waals surface area contributed by atoms with E-state index in [1.807, 2.05) is 26.8 Å². The van der Waals surface area contributed by atoms with Crippen molar-refractivity contribution in [3.63, 3.8) is 0 Å². The van der Waals surface area contributed by atoms with Gasteiger partial charge >= 0.3 is 5.97 Å². The highest BCUT2D eigenvalue weighted by atomic mass is 16.6. The van der Waals surface area contributed by atoms with E-state index >= 15 is 0 Å². The van der Waals surface area contributed by atoms with Crippen molar-refractivity contribution in [1.82, 2.24) is 0 Å². The van der Waals surface area contributed by atoms with Gasteiger partial charge in [0.15, 0.2) is 0 Å². The van der Waals surface area contributed by atoms with Gasteiger partial charge in [0.1, 0.15) is 13.4 Å². The lowest BCUT2D eigenvalue weighted by Gasteiger charge is -2.24. The normalized spacial score (nSPS) is 22.1. The minimum absolute atomic E-state index is 0.109. The van der Waals surface area contributed by atoms with E-state index < -0.39 is 0 Å². The molecule has 3 heteroatoms. The molecule has 1 atom stereocenters. The van der Waals surface area contributed by atoms with Gasteiger partial charge in [0.2, 0.25) is 0 Å². The number of rotatable bonds is 2. The zero-order chi connectivity index (χ0) is 11.5. The molecule has 82 valence electrons. The molecule has 0 aromatic carbocycles. The molecular formula is C12H19BO2. The van der Waals surface area contributed by atoms with Crippen LogP contribution in [-0.4, -0.2) is 19.4 Å². The first-order chi connectivity index (χ1) is 6.87. The summed E-state index contributed by atoms with van der Waals surface area (Å²) in [6.45, 7) is 5.67. The molecule has 0 amide bonds. The van der Waals surface area contributed by atoms with Gasteiger partial charge in [-0.2, -0.15) is 0 Å². The average molecular weight is 206 g/mol. The molecule has 0 aliphatic heterocycles. The SMILES string of the molecule is [B]C1=CCCC(CC(=O)OC(C)(C)C)C1. The Morgan fingerprint density at radius 3 is 2.80 bits per heavy atom. The second-order valence-electron chi connectivity index (χ2n) is 5.22. The number of ether oxygens (including phenoxy) is 1. The highest BCUT2D eigenvalue weighted by Gasteiger charge is 2.21. The second kappa shape index (κ2) is 4.87. The molecule has 0 fully saturated rings. The Morgan fingerprint density at radius 1 is 1.60 bits per heavy atom. The lowest BCUT2D eigenvalue weighted by Crippen LogP contribution is -2.25. The number of hydrogen-bond acceptors (Lipinski definition) is 2. The van der Waals surface area contributed by atoms with E-state index in [2.05, 4.69) is 0 Å². The standard InChI is InChI=1S/C12H19BO2/c1-12(2,3)15-11(14)8-9-5-4-6-10(13)7-9/h6,9H,4-5,7-8H2,1-3H3. The molecule has 15 heavy (non-hydrogen) atoms. The van der Waals surface area contributed by atoms with E-state index in [1.165, 1.54) is 0 Å². The van der Waals surface area contributed by atoms with E-state index in [9.17, 15) is 4.79 Å². The van der Waals surface area contributed by atoms with Crippen LogP contribution in [0.4, 0.5) is 0 Å². The third-order valence-corrected chi connectivity index (χ3v) is 2.38. The van der Waals surface area contributed by atoms with Gasteiger partial charge in [-0.05, 0) is 46.0 Å². The van der Waals surface area contributed by atoms with Crippen molar-refractivity contribution in [3.05, 3.63) is 11.5 Å². The summed E-state index contributed by atoms with van der Waals surface area (Å²) in [6.07, 6.45) is 5.40. The third-order valence-electron chi connectivity index (χ3n) is 2.38. The molecule has 0 saturated heterocycles. The Labute approximate surface area is 93.5 Å². The van der Waals surface area contributed by atoms with Crippen LogP contribution < -0.4 is 0 Å². The number of carbonyl (C=O) groups is 1. The predicted octanol–water partition coefficient (Wildman–Crippen LogP) is 2.57. The molecule has 0 aromatic rings. The van der Waals surface area contributed by atoms with Crippen LogP contribution in [0.25, 0.3) is 0 Å². The van der Waals surface area contributed by atoms with Crippen molar-refractivity contribution in [3.8, 4) is 0 Å². The van der Waals surface area contributed by atoms with Crippen molar-refractivity contribution in [1.29, 1.82) is 0 Å². The van der Waals surface area contributed by atoms with Crippen molar-refractivity contribution in [2.24, 2.45) is 5.92 Å². The smallest absolute Gasteiger partial charge is 0.306 e. The Kier molecular flexibility index (Phi) is 4.00. The van der Waals surface area contributed by atoms with E-state index in [0.717, 1.165) is 24.7 Å². The second-order valence-corrected chi connectivity index (χ2v) is 5.22. The molecule has 0 N–H and O–H groups in total. The molecule has 0 spiro atoms. The summed E-state index contributed by atoms with van der Waals surface area (Å²) in [5.74, 6) is 0.257. The predicted molar refractivity (Wildman–Crippen MR) is 61.6 cm³/mol. The quantitative estimate of drug-likeness (QED) is 0.512. The molecule has 2 radical (unpaired) electrons. The lowest BCUT2D eigenvalue weighted by atomic mass is 9.78.